The van der Waals surface area contributed by atoms with Crippen LogP contribution in [0.5, 0.6) is 0 Å². The van der Waals surface area contributed by atoms with E-state index in [9.17, 15) is 0 Å². The van der Waals surface area contributed by atoms with E-state index in [4.69, 9.17) is 70.3 Å². The zero-order valence-corrected chi connectivity index (χ0v) is 27.4. The predicted molar refractivity (Wildman–Crippen MR) is 76.4 cm³/mol. The van der Waals surface area contributed by atoms with E-state index in [1.54, 1.807) is 0 Å². The molecule has 0 atom stereocenters. The summed E-state index contributed by atoms with van der Waals surface area (Å²) in [4.78, 5) is 85.2. The van der Waals surface area contributed by atoms with Crippen LogP contribution in [0.3, 0.4) is 0 Å². The molecule has 0 aliphatic rings. The van der Waals surface area contributed by atoms with Crippen LogP contribution in [0.2, 0.25) is 0 Å². The Bertz CT molecular complexity index is 231. The van der Waals surface area contributed by atoms with Crippen LogP contribution < -0.4 is 48.0 Å². The fourth-order valence-electron chi connectivity index (χ4n) is 0. The van der Waals surface area contributed by atoms with Crippen molar-refractivity contribution in [2.24, 2.45) is 0 Å². The standard InChI is InChI=1S/3Al.3Mg.5O3Si.5H2O/c;;;;;;5*1-4(2)3;;;;;/h;;;;;;;;;;;5*1H2/q3*+3;3*+2;5*-2;;;;;/p-5. The summed E-state index contributed by atoms with van der Waals surface area (Å²) in [5, 5.41) is 0. The maximum atomic E-state index is 8.52. The Hall–Kier alpha value is 1.78. The average Bonchev–Trinajstić information content (AvgIpc) is 1.94. The van der Waals surface area contributed by atoms with Gasteiger partial charge >= 0.3 is 121 Å². The van der Waals surface area contributed by atoms with Crippen LogP contribution in [-0.4, -0.2) is 194 Å². The SMILES string of the molecule is O=[Si]([O-])[O-].O=[Si]([O-])[O-].O=[Si]([O-])[O-].O=[Si]([O-])[O-].O=[Si]([O-])[O-].[Al+3].[Al+3].[Al+3].[Mg+2].[Mg+2].[Mg+2].[OH-].[OH-].[OH-].[OH-].[OH-]. The van der Waals surface area contributed by atoms with E-state index in [-0.39, 0.29) is 149 Å². The van der Waals surface area contributed by atoms with Crippen LogP contribution >= 0.6 is 0 Å². The zero-order valence-electron chi connectivity index (χ0n) is 14.7. The van der Waals surface area contributed by atoms with Gasteiger partial charge in [0.15, 0.2) is 0 Å². The second-order valence-corrected chi connectivity index (χ2v) is 3.75. The molecule has 31 heavy (non-hydrogen) atoms. The molecule has 31 heteroatoms. The molecule has 160 valence electrons. The van der Waals surface area contributed by atoms with E-state index in [0.29, 0.717) is 0 Å². The molecule has 0 aromatic heterocycles. The zero-order chi connectivity index (χ0) is 17.9. The Morgan fingerprint density at radius 3 is 0.290 bits per heavy atom. The van der Waals surface area contributed by atoms with Gasteiger partial charge in [0.05, 0.1) is 0 Å². The van der Waals surface area contributed by atoms with E-state index in [0.717, 1.165) is 0 Å². The van der Waals surface area contributed by atoms with Crippen molar-refractivity contribution < 1.29 is 97.6 Å². The Kier molecular flexibility index (Phi) is 406. The van der Waals surface area contributed by atoms with E-state index >= 15 is 0 Å². The molecule has 5 N–H and O–H groups in total. The summed E-state index contributed by atoms with van der Waals surface area (Å²) in [6.07, 6.45) is 0. The molecule has 0 aliphatic heterocycles. The molecule has 0 aliphatic carbocycles. The summed E-state index contributed by atoms with van der Waals surface area (Å²) in [5.41, 5.74) is 0. The minimum atomic E-state index is -3.63. The van der Waals surface area contributed by atoms with Gasteiger partial charge in [0, 0.05) is 45.9 Å². The van der Waals surface area contributed by atoms with Crippen molar-refractivity contribution in [2.45, 2.75) is 0 Å². The maximum absolute atomic E-state index is 8.52. The summed E-state index contributed by atoms with van der Waals surface area (Å²) < 4.78 is 42.6. The first-order valence-corrected chi connectivity index (χ1v) is 9.19. The number of hydrogen-bond donors (Lipinski definition) is 0. The first-order chi connectivity index (χ1) is 8.66. The Balaban J connectivity index is -0.00000000595. The predicted octanol–water partition coefficient (Wildman–Crippen LogP) is -17.6. The van der Waals surface area contributed by atoms with Crippen molar-refractivity contribution in [3.8, 4) is 0 Å². The molecule has 0 aromatic carbocycles. The first-order valence-electron chi connectivity index (χ1n) is 3.06. The molecule has 0 aromatic rings. The van der Waals surface area contributed by atoms with Crippen LogP contribution in [0, 0.1) is 0 Å². The molecule has 0 rings (SSSR count). The maximum Gasteiger partial charge on any atom is 3.00 e. The van der Waals surface area contributed by atoms with Crippen LogP contribution in [0.4, 0.5) is 0 Å². The molecular formula is H5Al3Mg3O20Si5. The van der Waals surface area contributed by atoms with Crippen molar-refractivity contribution in [3.63, 3.8) is 0 Å². The normalized spacial score (nSPS) is 3.87. The quantitative estimate of drug-likeness (QED) is 0.227. The van der Waals surface area contributed by atoms with Crippen molar-refractivity contribution >= 4 is 167 Å². The van der Waals surface area contributed by atoms with Gasteiger partial charge in [0.1, 0.15) is 0 Å². The van der Waals surface area contributed by atoms with Crippen molar-refractivity contribution in [2.75, 3.05) is 0 Å². The fraction of sp³-hybridized carbons (Fsp3) is 0. The van der Waals surface area contributed by atoms with Crippen LogP contribution in [0.25, 0.3) is 0 Å². The molecular weight excluding hydrogens is 614 g/mol. The third-order valence-corrected chi connectivity index (χ3v) is 0. The van der Waals surface area contributed by atoms with E-state index in [2.05, 4.69) is 0 Å². The third-order valence-electron chi connectivity index (χ3n) is 0. The molecule has 0 bridgehead atoms. The summed E-state index contributed by atoms with van der Waals surface area (Å²) in [5.74, 6) is 0. The topological polar surface area (TPSA) is 466 Å². The van der Waals surface area contributed by atoms with Crippen LogP contribution in [0.15, 0.2) is 0 Å². The fourth-order valence-corrected chi connectivity index (χ4v) is 0. The van der Waals surface area contributed by atoms with Crippen LogP contribution in [0.1, 0.15) is 0 Å². The Morgan fingerprint density at radius 1 is 0.290 bits per heavy atom. The molecule has 20 nitrogen and oxygen atoms in total. The van der Waals surface area contributed by atoms with Crippen LogP contribution in [-0.2, 0) is 22.3 Å². The molecule has 0 saturated heterocycles. The van der Waals surface area contributed by atoms with E-state index in [1.165, 1.54) is 0 Å². The minimum absolute atomic E-state index is 0. The van der Waals surface area contributed by atoms with Gasteiger partial charge in [-0.05, 0) is 0 Å². The molecule has 0 heterocycles. The first kappa shape index (κ1) is 118. The molecule has 0 radical (unpaired) electrons. The second-order valence-electron chi connectivity index (χ2n) is 1.25. The van der Waals surface area contributed by atoms with Crippen molar-refractivity contribution in [1.82, 2.24) is 0 Å². The van der Waals surface area contributed by atoms with Crippen molar-refractivity contribution in [1.29, 1.82) is 0 Å². The summed E-state index contributed by atoms with van der Waals surface area (Å²) >= 11 is 0. The van der Waals surface area contributed by atoms with Crippen molar-refractivity contribution in [3.05, 3.63) is 0 Å². The van der Waals surface area contributed by atoms with Gasteiger partial charge in [-0.3, -0.25) is 0 Å². The molecule has 0 unspecified atom stereocenters. The summed E-state index contributed by atoms with van der Waals surface area (Å²) in [6.45, 7) is 0. The van der Waals surface area contributed by atoms with Gasteiger partial charge in [-0.2, -0.15) is 0 Å². The molecule has 0 amide bonds. The van der Waals surface area contributed by atoms with Gasteiger partial charge in [0.2, 0.25) is 0 Å². The average molecular weight is 619 g/mol. The summed E-state index contributed by atoms with van der Waals surface area (Å²) in [6, 6.07) is 0. The van der Waals surface area contributed by atoms with Gasteiger partial charge in [-0.15, -0.1) is 0 Å². The van der Waals surface area contributed by atoms with Gasteiger partial charge in [-0.1, -0.05) is 0 Å². The minimum Gasteiger partial charge on any atom is -0.870 e. The smallest absolute Gasteiger partial charge is 0.870 e. The van der Waals surface area contributed by atoms with E-state index in [1.807, 2.05) is 0 Å². The number of hydrogen-bond acceptors (Lipinski definition) is 20. The third kappa shape index (κ3) is 8890. The summed E-state index contributed by atoms with van der Waals surface area (Å²) in [7, 11) is -18.1. The van der Waals surface area contributed by atoms with E-state index < -0.39 is 45.9 Å². The largest absolute Gasteiger partial charge is 3.00 e. The van der Waals surface area contributed by atoms with Gasteiger partial charge in [0.25, 0.3) is 0 Å². The Labute approximate surface area is 261 Å². The molecule has 0 spiro atoms. The number of rotatable bonds is 0. The second kappa shape index (κ2) is 107. The van der Waals surface area contributed by atoms with Gasteiger partial charge in [-0.25, -0.2) is 0 Å². The molecule has 0 fully saturated rings. The molecule has 0 saturated carbocycles. The van der Waals surface area contributed by atoms with Gasteiger partial charge < -0.3 is 97.6 Å². The monoisotopic (exact) mass is 618 g/mol. The Morgan fingerprint density at radius 2 is 0.290 bits per heavy atom.